The van der Waals surface area contributed by atoms with Crippen LogP contribution in [0.15, 0.2) is 47.5 Å². The van der Waals surface area contributed by atoms with Crippen molar-refractivity contribution in [2.75, 3.05) is 44.7 Å². The smallest absolute Gasteiger partial charge is 0.251 e. The molecule has 0 atom stereocenters. The van der Waals surface area contributed by atoms with Crippen LogP contribution in [0.5, 0.6) is 0 Å². The lowest BCUT2D eigenvalue weighted by Gasteiger charge is -2.37. The molecule has 2 aromatic rings. The quantitative estimate of drug-likeness (QED) is 0.582. The summed E-state index contributed by atoms with van der Waals surface area (Å²) in [5, 5.41) is 5.91. The average Bonchev–Trinajstić information content (AvgIpc) is 2.78. The molecule has 30 heavy (non-hydrogen) atoms. The number of nitrogens with zero attached hydrogens (tertiary/aromatic N) is 3. The molecule has 1 heterocycles. The summed E-state index contributed by atoms with van der Waals surface area (Å²) in [5.41, 5.74) is 1.83. The predicted molar refractivity (Wildman–Crippen MR) is 115 cm³/mol. The third-order valence-corrected chi connectivity index (χ3v) is 4.99. The van der Waals surface area contributed by atoms with E-state index in [1.807, 2.05) is 30.0 Å². The fourth-order valence-electron chi connectivity index (χ4n) is 3.43. The van der Waals surface area contributed by atoms with E-state index in [1.54, 1.807) is 13.1 Å². The van der Waals surface area contributed by atoms with Gasteiger partial charge < -0.3 is 20.4 Å². The summed E-state index contributed by atoms with van der Waals surface area (Å²) in [6, 6.07) is 10.9. The number of aliphatic imine (C=N–C) groups is 1. The van der Waals surface area contributed by atoms with E-state index in [-0.39, 0.29) is 5.91 Å². The van der Waals surface area contributed by atoms with Crippen molar-refractivity contribution in [3.63, 3.8) is 0 Å². The molecule has 2 aromatic carbocycles. The fraction of sp³-hybridized carbons (Fsp3) is 0.364. The van der Waals surface area contributed by atoms with Crippen LogP contribution in [-0.4, -0.2) is 56.5 Å². The van der Waals surface area contributed by atoms with E-state index in [2.05, 4.69) is 15.5 Å². The maximum absolute atomic E-state index is 14.1. The first-order valence-corrected chi connectivity index (χ1v) is 10.1. The molecule has 0 radical (unpaired) electrons. The molecule has 0 bridgehead atoms. The van der Waals surface area contributed by atoms with E-state index >= 15 is 0 Å². The number of anilines is 1. The van der Waals surface area contributed by atoms with E-state index in [0.29, 0.717) is 44.0 Å². The van der Waals surface area contributed by atoms with E-state index in [0.717, 1.165) is 30.2 Å². The SMILES string of the molecule is CCNC(=NCc1cccc(C(=O)NC)c1)N1CCN(c2cc(F)ccc2F)CC1. The van der Waals surface area contributed by atoms with Crippen molar-refractivity contribution in [1.29, 1.82) is 0 Å². The van der Waals surface area contributed by atoms with Crippen LogP contribution >= 0.6 is 0 Å². The Bertz CT molecular complexity index is 910. The number of nitrogens with one attached hydrogen (secondary N) is 2. The molecule has 0 unspecified atom stereocenters. The maximum Gasteiger partial charge on any atom is 0.251 e. The molecule has 1 amide bonds. The van der Waals surface area contributed by atoms with Crippen molar-refractivity contribution in [1.82, 2.24) is 15.5 Å². The number of carbonyl (C=O) groups excluding carboxylic acids is 1. The van der Waals surface area contributed by atoms with E-state index in [9.17, 15) is 13.6 Å². The molecule has 1 aliphatic heterocycles. The van der Waals surface area contributed by atoms with Gasteiger partial charge in [0.15, 0.2) is 5.96 Å². The molecular formula is C22H27F2N5O. The molecule has 8 heteroatoms. The summed E-state index contributed by atoms with van der Waals surface area (Å²) in [4.78, 5) is 20.5. The van der Waals surface area contributed by atoms with E-state index in [1.165, 1.54) is 6.07 Å². The molecule has 0 saturated carbocycles. The van der Waals surface area contributed by atoms with Gasteiger partial charge in [0.2, 0.25) is 0 Å². The van der Waals surface area contributed by atoms with Gasteiger partial charge in [0.05, 0.1) is 12.2 Å². The Morgan fingerprint density at radius 3 is 2.57 bits per heavy atom. The molecule has 0 aliphatic carbocycles. The summed E-state index contributed by atoms with van der Waals surface area (Å²) in [6.07, 6.45) is 0. The molecule has 3 rings (SSSR count). The zero-order valence-electron chi connectivity index (χ0n) is 17.3. The number of guanidine groups is 1. The molecule has 160 valence electrons. The number of rotatable bonds is 5. The molecular weight excluding hydrogens is 388 g/mol. The van der Waals surface area contributed by atoms with Crippen molar-refractivity contribution in [2.24, 2.45) is 4.99 Å². The van der Waals surface area contributed by atoms with Crippen LogP contribution in [0.3, 0.4) is 0 Å². The lowest BCUT2D eigenvalue weighted by Crippen LogP contribution is -2.52. The summed E-state index contributed by atoms with van der Waals surface area (Å²) < 4.78 is 27.6. The number of carbonyl (C=O) groups is 1. The van der Waals surface area contributed by atoms with Gasteiger partial charge in [-0.15, -0.1) is 0 Å². The number of hydrogen-bond donors (Lipinski definition) is 2. The van der Waals surface area contributed by atoms with Gasteiger partial charge in [0.1, 0.15) is 11.6 Å². The van der Waals surface area contributed by atoms with Crippen LogP contribution in [0.4, 0.5) is 14.5 Å². The summed E-state index contributed by atoms with van der Waals surface area (Å²) in [7, 11) is 1.60. The molecule has 2 N–H and O–H groups in total. The van der Waals surface area contributed by atoms with Crippen molar-refractivity contribution in [3.05, 3.63) is 65.2 Å². The third-order valence-electron chi connectivity index (χ3n) is 4.99. The van der Waals surface area contributed by atoms with Gasteiger partial charge in [-0.25, -0.2) is 13.8 Å². The minimum Gasteiger partial charge on any atom is -0.366 e. The second-order valence-corrected chi connectivity index (χ2v) is 7.02. The Kier molecular flexibility index (Phi) is 7.21. The van der Waals surface area contributed by atoms with Crippen molar-refractivity contribution >= 4 is 17.6 Å². The number of halogens is 2. The van der Waals surface area contributed by atoms with Crippen molar-refractivity contribution in [2.45, 2.75) is 13.5 Å². The zero-order chi connectivity index (χ0) is 21.5. The standard InChI is InChI=1S/C22H27F2N5O/c1-3-26-22(27-15-16-5-4-6-17(13-16)21(30)25-2)29-11-9-28(10-12-29)20-14-18(23)7-8-19(20)24/h4-8,13-14H,3,9-12,15H2,1-2H3,(H,25,30)(H,26,27). The largest absolute Gasteiger partial charge is 0.366 e. The van der Waals surface area contributed by atoms with Gasteiger partial charge in [-0.2, -0.15) is 0 Å². The predicted octanol–water partition coefficient (Wildman–Crippen LogP) is 2.61. The van der Waals surface area contributed by atoms with Crippen molar-refractivity contribution in [3.8, 4) is 0 Å². The van der Waals surface area contributed by atoms with Gasteiger partial charge in [-0.05, 0) is 36.8 Å². The van der Waals surface area contributed by atoms with Crippen molar-refractivity contribution < 1.29 is 13.6 Å². The second kappa shape index (κ2) is 10.0. The van der Waals surface area contributed by atoms with Gasteiger partial charge in [-0.3, -0.25) is 4.79 Å². The van der Waals surface area contributed by atoms with Crippen LogP contribution in [0.1, 0.15) is 22.8 Å². The van der Waals surface area contributed by atoms with E-state index < -0.39 is 11.6 Å². The third kappa shape index (κ3) is 5.25. The highest BCUT2D eigenvalue weighted by atomic mass is 19.1. The Morgan fingerprint density at radius 2 is 1.87 bits per heavy atom. The minimum absolute atomic E-state index is 0.131. The number of hydrogen-bond acceptors (Lipinski definition) is 3. The first kappa shape index (κ1) is 21.5. The molecule has 6 nitrogen and oxygen atoms in total. The number of benzene rings is 2. The number of piperazine rings is 1. The first-order valence-electron chi connectivity index (χ1n) is 10.1. The highest BCUT2D eigenvalue weighted by Crippen LogP contribution is 2.22. The number of amides is 1. The van der Waals surface area contributed by atoms with Crippen LogP contribution in [0.2, 0.25) is 0 Å². The minimum atomic E-state index is -0.442. The van der Waals surface area contributed by atoms with Crippen LogP contribution in [0, 0.1) is 11.6 Å². The van der Waals surface area contributed by atoms with E-state index in [4.69, 9.17) is 4.99 Å². The molecule has 1 saturated heterocycles. The fourth-order valence-corrected chi connectivity index (χ4v) is 3.43. The summed E-state index contributed by atoms with van der Waals surface area (Å²) >= 11 is 0. The molecule has 0 aromatic heterocycles. The Labute approximate surface area is 175 Å². The topological polar surface area (TPSA) is 60.0 Å². The molecule has 1 fully saturated rings. The Hall–Kier alpha value is -3.16. The lowest BCUT2D eigenvalue weighted by atomic mass is 10.1. The second-order valence-electron chi connectivity index (χ2n) is 7.02. The average molecular weight is 415 g/mol. The van der Waals surface area contributed by atoms with Gasteiger partial charge in [0.25, 0.3) is 5.91 Å². The highest BCUT2D eigenvalue weighted by molar-refractivity contribution is 5.94. The monoisotopic (exact) mass is 415 g/mol. The summed E-state index contributed by atoms with van der Waals surface area (Å²) in [5.74, 6) is -0.222. The van der Waals surface area contributed by atoms with Crippen LogP contribution in [-0.2, 0) is 6.54 Å². The Balaban J connectivity index is 1.67. The summed E-state index contributed by atoms with van der Waals surface area (Å²) in [6.45, 7) is 5.57. The lowest BCUT2D eigenvalue weighted by molar-refractivity contribution is 0.0963. The Morgan fingerprint density at radius 1 is 1.10 bits per heavy atom. The van der Waals surface area contributed by atoms with Gasteiger partial charge >= 0.3 is 0 Å². The highest BCUT2D eigenvalue weighted by Gasteiger charge is 2.22. The first-order chi connectivity index (χ1) is 14.5. The van der Waals surface area contributed by atoms with Gasteiger partial charge in [-0.1, -0.05) is 12.1 Å². The molecule has 0 spiro atoms. The van der Waals surface area contributed by atoms with Crippen LogP contribution in [0.25, 0.3) is 0 Å². The van der Waals surface area contributed by atoms with Crippen LogP contribution < -0.4 is 15.5 Å². The molecule has 1 aliphatic rings. The normalized spacial score (nSPS) is 14.6. The van der Waals surface area contributed by atoms with Gasteiger partial charge in [0, 0.05) is 51.4 Å². The maximum atomic E-state index is 14.1. The zero-order valence-corrected chi connectivity index (χ0v) is 17.3.